The van der Waals surface area contributed by atoms with Crippen LogP contribution in [0, 0.1) is 0 Å². The van der Waals surface area contributed by atoms with E-state index in [0.717, 1.165) is 16.1 Å². The number of para-hydroxylation sites is 1. The molecule has 3 rings (SSSR count). The van der Waals surface area contributed by atoms with Gasteiger partial charge >= 0.3 is 0 Å². The van der Waals surface area contributed by atoms with E-state index in [-0.39, 0.29) is 7.43 Å². The number of aromatic amines is 1. The molecule has 1 N–H and O–H groups in total. The summed E-state index contributed by atoms with van der Waals surface area (Å²) < 4.78 is 0. The monoisotopic (exact) mass is 217 g/mol. The molecule has 15 heavy (non-hydrogen) atoms. The summed E-state index contributed by atoms with van der Waals surface area (Å²) in [6.45, 7) is 0. The van der Waals surface area contributed by atoms with Crippen LogP contribution in [0.15, 0.2) is 42.5 Å². The minimum absolute atomic E-state index is 0. The van der Waals surface area contributed by atoms with Crippen LogP contribution in [0.4, 0.5) is 0 Å². The van der Waals surface area contributed by atoms with Crippen molar-refractivity contribution in [3.8, 4) is 0 Å². The molecule has 1 nitrogen and oxygen atoms in total. The van der Waals surface area contributed by atoms with Gasteiger partial charge in [0, 0.05) is 26.8 Å². The molecule has 2 aromatic carbocycles. The lowest BCUT2D eigenvalue weighted by atomic mass is 10.2. The van der Waals surface area contributed by atoms with Crippen LogP contribution in [-0.4, -0.2) is 4.98 Å². The molecular formula is C13H12ClN. The lowest BCUT2D eigenvalue weighted by Crippen LogP contribution is -1.66. The predicted molar refractivity (Wildman–Crippen MR) is 67.5 cm³/mol. The van der Waals surface area contributed by atoms with Crippen molar-refractivity contribution in [1.82, 2.24) is 4.98 Å². The second-order valence-electron chi connectivity index (χ2n) is 3.36. The standard InChI is InChI=1S/C12H8ClN.CH4/c13-8-5-6-12-10(7-8)9-3-1-2-4-11(9)14-12;/h1-7,14H;1H4. The molecule has 1 heterocycles. The Morgan fingerprint density at radius 1 is 0.867 bits per heavy atom. The molecule has 0 aliphatic carbocycles. The summed E-state index contributed by atoms with van der Waals surface area (Å²) in [6.07, 6.45) is 0. The average Bonchev–Trinajstić information content (AvgIpc) is 2.56. The summed E-state index contributed by atoms with van der Waals surface area (Å²) in [5, 5.41) is 3.19. The van der Waals surface area contributed by atoms with Gasteiger partial charge in [-0.1, -0.05) is 37.2 Å². The van der Waals surface area contributed by atoms with Crippen LogP contribution in [0.3, 0.4) is 0 Å². The van der Waals surface area contributed by atoms with Crippen molar-refractivity contribution >= 4 is 33.4 Å². The highest BCUT2D eigenvalue weighted by Crippen LogP contribution is 2.27. The highest BCUT2D eigenvalue weighted by atomic mass is 35.5. The van der Waals surface area contributed by atoms with Crippen molar-refractivity contribution in [2.45, 2.75) is 7.43 Å². The Labute approximate surface area is 93.7 Å². The summed E-state index contributed by atoms with van der Waals surface area (Å²) in [4.78, 5) is 3.35. The fourth-order valence-corrected chi connectivity index (χ4v) is 1.99. The Bertz CT molecular complexity index is 610. The van der Waals surface area contributed by atoms with Crippen LogP contribution in [0.5, 0.6) is 0 Å². The first-order chi connectivity index (χ1) is 6.84. The molecular weight excluding hydrogens is 206 g/mol. The normalized spacial score (nSPS) is 10.5. The van der Waals surface area contributed by atoms with Crippen LogP contribution >= 0.6 is 11.6 Å². The highest BCUT2D eigenvalue weighted by molar-refractivity contribution is 6.31. The largest absolute Gasteiger partial charge is 0.355 e. The van der Waals surface area contributed by atoms with E-state index in [1.165, 1.54) is 10.8 Å². The Kier molecular flexibility index (Phi) is 2.41. The van der Waals surface area contributed by atoms with Gasteiger partial charge in [0.05, 0.1) is 0 Å². The average molecular weight is 218 g/mol. The van der Waals surface area contributed by atoms with Gasteiger partial charge in [0.15, 0.2) is 0 Å². The van der Waals surface area contributed by atoms with Gasteiger partial charge < -0.3 is 4.98 Å². The summed E-state index contributed by atoms with van der Waals surface area (Å²) in [5.74, 6) is 0. The molecule has 0 fully saturated rings. The quantitative estimate of drug-likeness (QED) is 0.566. The van der Waals surface area contributed by atoms with Gasteiger partial charge in [-0.25, -0.2) is 0 Å². The third-order valence-corrected chi connectivity index (χ3v) is 2.70. The molecule has 0 radical (unpaired) electrons. The summed E-state index contributed by atoms with van der Waals surface area (Å²) >= 11 is 5.96. The van der Waals surface area contributed by atoms with Crippen LogP contribution < -0.4 is 0 Å². The van der Waals surface area contributed by atoms with Crippen molar-refractivity contribution in [2.75, 3.05) is 0 Å². The molecule has 0 aliphatic heterocycles. The maximum absolute atomic E-state index is 5.96. The van der Waals surface area contributed by atoms with Crippen LogP contribution in [0.1, 0.15) is 7.43 Å². The molecule has 0 atom stereocenters. The zero-order chi connectivity index (χ0) is 9.54. The number of fused-ring (bicyclic) bond motifs is 3. The Hall–Kier alpha value is -1.47. The van der Waals surface area contributed by atoms with Gasteiger partial charge in [-0.3, -0.25) is 0 Å². The topological polar surface area (TPSA) is 15.8 Å². The highest BCUT2D eigenvalue weighted by Gasteiger charge is 2.02. The maximum Gasteiger partial charge on any atom is 0.0465 e. The minimum Gasteiger partial charge on any atom is -0.355 e. The molecule has 0 amide bonds. The van der Waals surface area contributed by atoms with Crippen molar-refractivity contribution in [3.05, 3.63) is 47.5 Å². The number of hydrogen-bond acceptors (Lipinski definition) is 0. The molecule has 0 saturated carbocycles. The molecule has 76 valence electrons. The molecule has 2 heteroatoms. The van der Waals surface area contributed by atoms with Gasteiger partial charge in [0.1, 0.15) is 0 Å². The van der Waals surface area contributed by atoms with Crippen LogP contribution in [0.2, 0.25) is 5.02 Å². The number of hydrogen-bond donors (Lipinski definition) is 1. The molecule has 0 saturated heterocycles. The molecule has 1 aromatic heterocycles. The number of rotatable bonds is 0. The van der Waals surface area contributed by atoms with Crippen LogP contribution in [0.25, 0.3) is 21.8 Å². The summed E-state index contributed by atoms with van der Waals surface area (Å²) in [5.41, 5.74) is 2.29. The Morgan fingerprint density at radius 2 is 1.60 bits per heavy atom. The molecule has 0 spiro atoms. The van der Waals surface area contributed by atoms with E-state index in [1.807, 2.05) is 30.3 Å². The minimum atomic E-state index is 0. The Balaban J connectivity index is 0.000000853. The predicted octanol–water partition coefficient (Wildman–Crippen LogP) is 4.61. The molecule has 3 aromatic rings. The fourth-order valence-electron chi connectivity index (χ4n) is 1.82. The zero-order valence-corrected chi connectivity index (χ0v) is 8.18. The second kappa shape index (κ2) is 3.59. The smallest absolute Gasteiger partial charge is 0.0465 e. The van der Waals surface area contributed by atoms with E-state index < -0.39 is 0 Å². The first-order valence-corrected chi connectivity index (χ1v) is 4.88. The summed E-state index contributed by atoms with van der Waals surface area (Å²) in [7, 11) is 0. The zero-order valence-electron chi connectivity index (χ0n) is 7.42. The number of aromatic nitrogens is 1. The number of nitrogens with one attached hydrogen (secondary N) is 1. The number of halogens is 1. The number of benzene rings is 2. The van der Waals surface area contributed by atoms with Crippen LogP contribution in [-0.2, 0) is 0 Å². The van der Waals surface area contributed by atoms with Crippen molar-refractivity contribution in [2.24, 2.45) is 0 Å². The lowest BCUT2D eigenvalue weighted by molar-refractivity contribution is 1.55. The van der Waals surface area contributed by atoms with Crippen molar-refractivity contribution < 1.29 is 0 Å². The Morgan fingerprint density at radius 3 is 2.47 bits per heavy atom. The van der Waals surface area contributed by atoms with E-state index in [1.54, 1.807) is 0 Å². The molecule has 0 bridgehead atoms. The van der Waals surface area contributed by atoms with Gasteiger partial charge in [0.25, 0.3) is 0 Å². The van der Waals surface area contributed by atoms with E-state index in [4.69, 9.17) is 11.6 Å². The maximum atomic E-state index is 5.96. The molecule has 0 unspecified atom stereocenters. The van der Waals surface area contributed by atoms with E-state index in [2.05, 4.69) is 17.1 Å². The van der Waals surface area contributed by atoms with Gasteiger partial charge in [-0.15, -0.1) is 0 Å². The third-order valence-electron chi connectivity index (χ3n) is 2.47. The van der Waals surface area contributed by atoms with Gasteiger partial charge in [-0.2, -0.15) is 0 Å². The number of H-pyrrole nitrogens is 1. The van der Waals surface area contributed by atoms with Gasteiger partial charge in [0.2, 0.25) is 0 Å². The van der Waals surface area contributed by atoms with E-state index >= 15 is 0 Å². The first kappa shape index (κ1) is 10.1. The fraction of sp³-hybridized carbons (Fsp3) is 0.0769. The lowest BCUT2D eigenvalue weighted by Gasteiger charge is -1.91. The van der Waals surface area contributed by atoms with E-state index in [9.17, 15) is 0 Å². The molecule has 0 aliphatic rings. The second-order valence-corrected chi connectivity index (χ2v) is 3.80. The van der Waals surface area contributed by atoms with Crippen molar-refractivity contribution in [1.29, 1.82) is 0 Å². The third kappa shape index (κ3) is 1.49. The van der Waals surface area contributed by atoms with Gasteiger partial charge in [-0.05, 0) is 24.3 Å². The van der Waals surface area contributed by atoms with E-state index in [0.29, 0.717) is 0 Å². The van der Waals surface area contributed by atoms with Crippen molar-refractivity contribution in [3.63, 3.8) is 0 Å². The first-order valence-electron chi connectivity index (χ1n) is 4.50. The summed E-state index contributed by atoms with van der Waals surface area (Å²) in [6, 6.07) is 14.1. The SMILES string of the molecule is C.Clc1ccc2[nH]c3ccccc3c2c1.